The number of rotatable bonds is 6. The topological polar surface area (TPSA) is 60.7 Å². The van der Waals surface area contributed by atoms with Gasteiger partial charge in [-0.3, -0.25) is 9.59 Å². The standard InChI is InChI=1S/C22H24N2O3S/c1-4-27-21(26)14-24-18-7-5-6-8-19(18)28-22(24)23-20(25)13-16-9-11-17(12-10-16)15(2)3/h5-12,15H,4,13-14H2,1-3H3. The predicted molar refractivity (Wildman–Crippen MR) is 111 cm³/mol. The summed E-state index contributed by atoms with van der Waals surface area (Å²) in [5.41, 5.74) is 3.04. The van der Waals surface area contributed by atoms with Crippen LogP contribution in [-0.2, 0) is 27.3 Å². The highest BCUT2D eigenvalue weighted by atomic mass is 32.1. The minimum absolute atomic E-state index is 0.0348. The second-order valence-corrected chi connectivity index (χ2v) is 7.83. The van der Waals surface area contributed by atoms with Crippen molar-refractivity contribution in [1.29, 1.82) is 0 Å². The van der Waals surface area contributed by atoms with Gasteiger partial charge in [0.2, 0.25) is 0 Å². The van der Waals surface area contributed by atoms with E-state index in [-0.39, 0.29) is 24.8 Å². The zero-order valence-electron chi connectivity index (χ0n) is 16.3. The summed E-state index contributed by atoms with van der Waals surface area (Å²) in [6.45, 7) is 6.40. The molecule has 0 spiro atoms. The summed E-state index contributed by atoms with van der Waals surface area (Å²) in [4.78, 5) is 29.4. The average Bonchev–Trinajstić information content (AvgIpc) is 2.99. The van der Waals surface area contributed by atoms with Gasteiger partial charge < -0.3 is 9.30 Å². The van der Waals surface area contributed by atoms with Crippen molar-refractivity contribution in [3.05, 3.63) is 64.5 Å². The molecule has 0 aliphatic heterocycles. The van der Waals surface area contributed by atoms with Crippen LogP contribution in [0.15, 0.2) is 53.5 Å². The van der Waals surface area contributed by atoms with Crippen LogP contribution in [0.2, 0.25) is 0 Å². The number of fused-ring (bicyclic) bond motifs is 1. The highest BCUT2D eigenvalue weighted by Gasteiger charge is 2.12. The number of ether oxygens (including phenoxy) is 1. The van der Waals surface area contributed by atoms with Gasteiger partial charge in [0.1, 0.15) is 6.54 Å². The third kappa shape index (κ3) is 4.75. The Morgan fingerprint density at radius 3 is 2.50 bits per heavy atom. The Labute approximate surface area is 168 Å². The zero-order chi connectivity index (χ0) is 20.1. The molecule has 1 aromatic heterocycles. The lowest BCUT2D eigenvalue weighted by molar-refractivity contribution is -0.143. The molecular weight excluding hydrogens is 372 g/mol. The van der Waals surface area contributed by atoms with E-state index in [0.29, 0.717) is 17.3 Å². The summed E-state index contributed by atoms with van der Waals surface area (Å²) in [6, 6.07) is 15.7. The van der Waals surface area contributed by atoms with Crippen LogP contribution in [0.5, 0.6) is 0 Å². The Hall–Kier alpha value is -2.73. The molecule has 0 aliphatic rings. The summed E-state index contributed by atoms with van der Waals surface area (Å²) in [7, 11) is 0. The summed E-state index contributed by atoms with van der Waals surface area (Å²) in [5, 5.41) is 0. The number of hydrogen-bond acceptors (Lipinski definition) is 4. The molecular formula is C22H24N2O3S. The first-order valence-electron chi connectivity index (χ1n) is 9.38. The Balaban J connectivity index is 1.89. The van der Waals surface area contributed by atoms with Crippen molar-refractivity contribution in [3.63, 3.8) is 0 Å². The second kappa shape index (κ2) is 8.97. The number of benzene rings is 2. The highest BCUT2D eigenvalue weighted by molar-refractivity contribution is 7.16. The van der Waals surface area contributed by atoms with Crippen LogP contribution < -0.4 is 4.80 Å². The van der Waals surface area contributed by atoms with E-state index in [0.717, 1.165) is 15.8 Å². The minimum Gasteiger partial charge on any atom is -0.465 e. The van der Waals surface area contributed by atoms with E-state index in [9.17, 15) is 9.59 Å². The van der Waals surface area contributed by atoms with Crippen LogP contribution in [0.25, 0.3) is 10.2 Å². The first kappa shape index (κ1) is 20.0. The fraction of sp³-hybridized carbons (Fsp3) is 0.318. The van der Waals surface area contributed by atoms with Crippen LogP contribution in [0.4, 0.5) is 0 Å². The van der Waals surface area contributed by atoms with Crippen LogP contribution in [0, 0.1) is 0 Å². The van der Waals surface area contributed by atoms with Crippen molar-refractivity contribution in [2.75, 3.05) is 6.61 Å². The molecule has 0 radical (unpaired) electrons. The molecule has 0 aliphatic carbocycles. The molecule has 3 aromatic rings. The molecule has 2 aromatic carbocycles. The normalized spacial score (nSPS) is 11.9. The third-order valence-electron chi connectivity index (χ3n) is 4.40. The van der Waals surface area contributed by atoms with Crippen molar-refractivity contribution in [1.82, 2.24) is 4.57 Å². The number of aromatic nitrogens is 1. The minimum atomic E-state index is -0.343. The molecule has 0 saturated carbocycles. The summed E-state index contributed by atoms with van der Waals surface area (Å²) in [5.74, 6) is -0.125. The van der Waals surface area contributed by atoms with Gasteiger partial charge in [-0.15, -0.1) is 0 Å². The molecule has 0 N–H and O–H groups in total. The number of carbonyl (C=O) groups is 2. The highest BCUT2D eigenvalue weighted by Crippen LogP contribution is 2.17. The molecule has 0 fully saturated rings. The maximum absolute atomic E-state index is 12.6. The lowest BCUT2D eigenvalue weighted by atomic mass is 10.0. The van der Waals surface area contributed by atoms with Crippen LogP contribution in [0.1, 0.15) is 37.8 Å². The quantitative estimate of drug-likeness (QED) is 0.591. The molecule has 3 rings (SSSR count). The number of para-hydroxylation sites is 1. The lowest BCUT2D eigenvalue weighted by Crippen LogP contribution is -2.23. The number of esters is 1. The number of thiazole rings is 1. The molecule has 1 heterocycles. The number of amides is 1. The molecule has 0 bridgehead atoms. The van der Waals surface area contributed by atoms with E-state index in [1.807, 2.05) is 48.5 Å². The first-order valence-corrected chi connectivity index (χ1v) is 10.2. The summed E-state index contributed by atoms with van der Waals surface area (Å²) < 4.78 is 7.79. The molecule has 6 heteroatoms. The molecule has 146 valence electrons. The predicted octanol–water partition coefficient (Wildman–Crippen LogP) is 4.06. The Bertz CT molecular complexity index is 1050. The van der Waals surface area contributed by atoms with Crippen molar-refractivity contribution < 1.29 is 14.3 Å². The van der Waals surface area contributed by atoms with Crippen molar-refractivity contribution in [2.45, 2.75) is 39.7 Å². The monoisotopic (exact) mass is 396 g/mol. The fourth-order valence-corrected chi connectivity index (χ4v) is 3.98. The number of hydrogen-bond donors (Lipinski definition) is 0. The molecule has 0 atom stereocenters. The molecule has 1 amide bonds. The van der Waals surface area contributed by atoms with Crippen LogP contribution in [0.3, 0.4) is 0 Å². The summed E-state index contributed by atoms with van der Waals surface area (Å²) in [6.07, 6.45) is 0.228. The number of carbonyl (C=O) groups excluding carboxylic acids is 2. The Kier molecular flexibility index (Phi) is 6.41. The fourth-order valence-electron chi connectivity index (χ4n) is 2.94. The van der Waals surface area contributed by atoms with Crippen LogP contribution in [-0.4, -0.2) is 23.1 Å². The number of nitrogens with zero attached hydrogens (tertiary/aromatic N) is 2. The van der Waals surface area contributed by atoms with Gasteiger partial charge in [0.25, 0.3) is 5.91 Å². The van der Waals surface area contributed by atoms with E-state index in [1.165, 1.54) is 16.9 Å². The van der Waals surface area contributed by atoms with Crippen LogP contribution >= 0.6 is 11.3 Å². The molecule has 0 saturated heterocycles. The van der Waals surface area contributed by atoms with E-state index in [2.05, 4.69) is 18.8 Å². The maximum Gasteiger partial charge on any atom is 0.326 e. The van der Waals surface area contributed by atoms with E-state index >= 15 is 0 Å². The van der Waals surface area contributed by atoms with Crippen molar-refractivity contribution in [3.8, 4) is 0 Å². The van der Waals surface area contributed by atoms with E-state index in [1.54, 1.807) is 11.5 Å². The van der Waals surface area contributed by atoms with Crippen molar-refractivity contribution >= 4 is 33.4 Å². The summed E-state index contributed by atoms with van der Waals surface area (Å²) >= 11 is 1.40. The lowest BCUT2D eigenvalue weighted by Gasteiger charge is -2.06. The molecule has 28 heavy (non-hydrogen) atoms. The van der Waals surface area contributed by atoms with Gasteiger partial charge >= 0.3 is 5.97 Å². The van der Waals surface area contributed by atoms with Gasteiger partial charge in [-0.25, -0.2) is 0 Å². The third-order valence-corrected chi connectivity index (χ3v) is 5.46. The van der Waals surface area contributed by atoms with Gasteiger partial charge in [-0.1, -0.05) is 61.6 Å². The van der Waals surface area contributed by atoms with E-state index in [4.69, 9.17) is 4.74 Å². The van der Waals surface area contributed by atoms with E-state index < -0.39 is 0 Å². The SMILES string of the molecule is CCOC(=O)Cn1c(=NC(=O)Cc2ccc(C(C)C)cc2)sc2ccccc21. The first-order chi connectivity index (χ1) is 13.5. The van der Waals surface area contributed by atoms with Gasteiger partial charge in [0.05, 0.1) is 23.2 Å². The van der Waals surface area contributed by atoms with Crippen molar-refractivity contribution in [2.24, 2.45) is 4.99 Å². The van der Waals surface area contributed by atoms with Gasteiger partial charge in [-0.2, -0.15) is 4.99 Å². The smallest absolute Gasteiger partial charge is 0.326 e. The average molecular weight is 397 g/mol. The molecule has 5 nitrogen and oxygen atoms in total. The molecule has 0 unspecified atom stereocenters. The van der Waals surface area contributed by atoms with Gasteiger partial charge in [0.15, 0.2) is 4.80 Å². The zero-order valence-corrected chi connectivity index (χ0v) is 17.2. The maximum atomic E-state index is 12.6. The van der Waals surface area contributed by atoms with Gasteiger partial charge in [0, 0.05) is 0 Å². The Morgan fingerprint density at radius 1 is 1.11 bits per heavy atom. The van der Waals surface area contributed by atoms with Gasteiger partial charge in [-0.05, 0) is 36.1 Å². The largest absolute Gasteiger partial charge is 0.465 e. The Morgan fingerprint density at radius 2 is 1.82 bits per heavy atom. The second-order valence-electron chi connectivity index (χ2n) is 6.82.